The van der Waals surface area contributed by atoms with E-state index in [-0.39, 0.29) is 0 Å². The first kappa shape index (κ1) is 15.1. The van der Waals surface area contributed by atoms with Crippen LogP contribution < -0.4 is 14.8 Å². The standard InChI is InChI=1S/C16H26N2O2/c1-12-11-18(2)8-7-15(12)17-10-13-9-14(19-3)5-6-16(13)20-4/h5-6,9,12,15,17H,7-8,10-11H2,1-4H3. The topological polar surface area (TPSA) is 33.7 Å². The lowest BCUT2D eigenvalue weighted by molar-refractivity contribution is 0.174. The lowest BCUT2D eigenvalue weighted by Crippen LogP contribution is -2.46. The zero-order chi connectivity index (χ0) is 14.5. The molecule has 1 aliphatic rings. The predicted octanol–water partition coefficient (Wildman–Crippen LogP) is 2.13. The summed E-state index contributed by atoms with van der Waals surface area (Å²) in [5.74, 6) is 2.46. The van der Waals surface area contributed by atoms with Crippen molar-refractivity contribution in [3.8, 4) is 11.5 Å². The molecule has 0 spiro atoms. The van der Waals surface area contributed by atoms with Gasteiger partial charge in [0, 0.05) is 24.7 Å². The fourth-order valence-electron chi connectivity index (χ4n) is 2.92. The van der Waals surface area contributed by atoms with E-state index in [9.17, 15) is 0 Å². The second-order valence-corrected chi connectivity index (χ2v) is 5.69. The monoisotopic (exact) mass is 278 g/mol. The van der Waals surface area contributed by atoms with Gasteiger partial charge in [-0.3, -0.25) is 0 Å². The van der Waals surface area contributed by atoms with Gasteiger partial charge in [0.25, 0.3) is 0 Å². The number of piperidine rings is 1. The van der Waals surface area contributed by atoms with Crippen LogP contribution >= 0.6 is 0 Å². The molecule has 0 aliphatic carbocycles. The number of benzene rings is 1. The minimum atomic E-state index is 0.571. The van der Waals surface area contributed by atoms with Crippen molar-refractivity contribution >= 4 is 0 Å². The summed E-state index contributed by atoms with van der Waals surface area (Å²) in [6.07, 6.45) is 1.20. The molecule has 1 aromatic carbocycles. The summed E-state index contributed by atoms with van der Waals surface area (Å²) in [5, 5.41) is 3.67. The maximum Gasteiger partial charge on any atom is 0.123 e. The third-order valence-corrected chi connectivity index (χ3v) is 4.15. The Morgan fingerprint density at radius 3 is 2.75 bits per heavy atom. The van der Waals surface area contributed by atoms with Crippen molar-refractivity contribution in [2.45, 2.75) is 25.9 Å². The van der Waals surface area contributed by atoms with Crippen LogP contribution in [0.3, 0.4) is 0 Å². The molecule has 1 fully saturated rings. The lowest BCUT2D eigenvalue weighted by Gasteiger charge is -2.35. The molecule has 2 rings (SSSR count). The van der Waals surface area contributed by atoms with E-state index in [4.69, 9.17) is 9.47 Å². The zero-order valence-electron chi connectivity index (χ0n) is 13.0. The molecule has 1 N–H and O–H groups in total. The van der Waals surface area contributed by atoms with Crippen LogP contribution in [0.1, 0.15) is 18.9 Å². The highest BCUT2D eigenvalue weighted by Crippen LogP contribution is 2.24. The van der Waals surface area contributed by atoms with Gasteiger partial charge in [-0.1, -0.05) is 6.92 Å². The fraction of sp³-hybridized carbons (Fsp3) is 0.625. The maximum absolute atomic E-state index is 5.42. The van der Waals surface area contributed by atoms with Crippen LogP contribution in [-0.4, -0.2) is 45.3 Å². The molecule has 4 nitrogen and oxygen atoms in total. The molecule has 0 bridgehead atoms. The van der Waals surface area contributed by atoms with Gasteiger partial charge in [0.15, 0.2) is 0 Å². The third kappa shape index (κ3) is 3.64. The van der Waals surface area contributed by atoms with Gasteiger partial charge in [-0.15, -0.1) is 0 Å². The number of ether oxygens (including phenoxy) is 2. The highest BCUT2D eigenvalue weighted by molar-refractivity contribution is 5.40. The first-order chi connectivity index (χ1) is 9.63. The Labute approximate surface area is 122 Å². The molecule has 1 aliphatic heterocycles. The molecule has 0 radical (unpaired) electrons. The summed E-state index contributed by atoms with van der Waals surface area (Å²) in [7, 11) is 5.60. The zero-order valence-corrected chi connectivity index (χ0v) is 13.0. The van der Waals surface area contributed by atoms with E-state index < -0.39 is 0 Å². The Kier molecular flexibility index (Phi) is 5.26. The summed E-state index contributed by atoms with van der Waals surface area (Å²) < 4.78 is 10.7. The average Bonchev–Trinajstić information content (AvgIpc) is 2.46. The Bertz CT molecular complexity index is 436. The van der Waals surface area contributed by atoms with Crippen LogP contribution in [0, 0.1) is 5.92 Å². The van der Waals surface area contributed by atoms with E-state index in [2.05, 4.69) is 24.2 Å². The van der Waals surface area contributed by atoms with Crippen LogP contribution in [0.15, 0.2) is 18.2 Å². The molecule has 2 unspecified atom stereocenters. The van der Waals surface area contributed by atoms with E-state index in [1.807, 2.05) is 18.2 Å². The predicted molar refractivity (Wildman–Crippen MR) is 81.5 cm³/mol. The van der Waals surface area contributed by atoms with E-state index >= 15 is 0 Å². The van der Waals surface area contributed by atoms with Crippen molar-refractivity contribution in [3.63, 3.8) is 0 Å². The van der Waals surface area contributed by atoms with Gasteiger partial charge < -0.3 is 19.7 Å². The van der Waals surface area contributed by atoms with Crippen molar-refractivity contribution in [3.05, 3.63) is 23.8 Å². The van der Waals surface area contributed by atoms with Gasteiger partial charge in [-0.05, 0) is 44.1 Å². The van der Waals surface area contributed by atoms with Gasteiger partial charge in [0.05, 0.1) is 14.2 Å². The first-order valence-corrected chi connectivity index (χ1v) is 7.27. The lowest BCUT2D eigenvalue weighted by atomic mass is 9.94. The largest absolute Gasteiger partial charge is 0.497 e. The Balaban J connectivity index is 1.99. The highest BCUT2D eigenvalue weighted by atomic mass is 16.5. The van der Waals surface area contributed by atoms with Crippen LogP contribution in [0.2, 0.25) is 0 Å². The molecular weight excluding hydrogens is 252 g/mol. The summed E-state index contributed by atoms with van der Waals surface area (Å²) >= 11 is 0. The average molecular weight is 278 g/mol. The summed E-state index contributed by atoms with van der Waals surface area (Å²) in [6.45, 7) is 5.46. The second kappa shape index (κ2) is 6.95. The number of hydrogen-bond donors (Lipinski definition) is 1. The number of nitrogens with one attached hydrogen (secondary N) is 1. The van der Waals surface area contributed by atoms with E-state index in [1.54, 1.807) is 14.2 Å². The molecule has 0 aromatic heterocycles. The van der Waals surface area contributed by atoms with Crippen molar-refractivity contribution in [2.75, 3.05) is 34.4 Å². The van der Waals surface area contributed by atoms with Gasteiger partial charge in [-0.2, -0.15) is 0 Å². The Morgan fingerprint density at radius 1 is 1.30 bits per heavy atom. The van der Waals surface area contributed by atoms with Gasteiger partial charge in [0.1, 0.15) is 11.5 Å². The maximum atomic E-state index is 5.42. The smallest absolute Gasteiger partial charge is 0.123 e. The fourth-order valence-corrected chi connectivity index (χ4v) is 2.92. The number of likely N-dealkylation sites (tertiary alicyclic amines) is 1. The number of rotatable bonds is 5. The molecule has 2 atom stereocenters. The van der Waals surface area contributed by atoms with Crippen molar-refractivity contribution in [2.24, 2.45) is 5.92 Å². The normalized spacial score (nSPS) is 23.6. The first-order valence-electron chi connectivity index (χ1n) is 7.27. The van der Waals surface area contributed by atoms with Crippen LogP contribution in [0.5, 0.6) is 11.5 Å². The number of hydrogen-bond acceptors (Lipinski definition) is 4. The quantitative estimate of drug-likeness (QED) is 0.894. The molecule has 1 heterocycles. The van der Waals surface area contributed by atoms with Crippen LogP contribution in [0.4, 0.5) is 0 Å². The SMILES string of the molecule is COc1ccc(OC)c(CNC2CCN(C)CC2C)c1. The van der Waals surface area contributed by atoms with Crippen molar-refractivity contribution < 1.29 is 9.47 Å². The Morgan fingerprint density at radius 2 is 2.10 bits per heavy atom. The van der Waals surface area contributed by atoms with Crippen molar-refractivity contribution in [1.29, 1.82) is 0 Å². The van der Waals surface area contributed by atoms with Crippen LogP contribution in [0.25, 0.3) is 0 Å². The molecule has 1 aromatic rings. The minimum Gasteiger partial charge on any atom is -0.497 e. The van der Waals surface area contributed by atoms with Crippen molar-refractivity contribution in [1.82, 2.24) is 10.2 Å². The highest BCUT2D eigenvalue weighted by Gasteiger charge is 2.23. The molecular formula is C16H26N2O2. The minimum absolute atomic E-state index is 0.571. The second-order valence-electron chi connectivity index (χ2n) is 5.69. The molecule has 20 heavy (non-hydrogen) atoms. The van der Waals surface area contributed by atoms with E-state index in [0.29, 0.717) is 12.0 Å². The number of nitrogens with zero attached hydrogens (tertiary/aromatic N) is 1. The van der Waals surface area contributed by atoms with Gasteiger partial charge in [0.2, 0.25) is 0 Å². The summed E-state index contributed by atoms with van der Waals surface area (Å²) in [4.78, 5) is 2.40. The summed E-state index contributed by atoms with van der Waals surface area (Å²) in [5.41, 5.74) is 1.15. The number of methoxy groups -OCH3 is 2. The van der Waals surface area contributed by atoms with Gasteiger partial charge in [-0.25, -0.2) is 0 Å². The molecule has 112 valence electrons. The molecule has 1 saturated heterocycles. The summed E-state index contributed by atoms with van der Waals surface area (Å²) in [6, 6.07) is 6.52. The molecule has 0 saturated carbocycles. The Hall–Kier alpha value is -1.26. The van der Waals surface area contributed by atoms with E-state index in [0.717, 1.165) is 36.7 Å². The van der Waals surface area contributed by atoms with Gasteiger partial charge >= 0.3 is 0 Å². The van der Waals surface area contributed by atoms with E-state index in [1.165, 1.54) is 6.42 Å². The molecule has 0 amide bonds. The third-order valence-electron chi connectivity index (χ3n) is 4.15. The van der Waals surface area contributed by atoms with Crippen LogP contribution in [-0.2, 0) is 6.54 Å². The molecule has 4 heteroatoms.